The molecule has 4 aromatic rings. The molecular weight excluding hydrogens is 373 g/mol. The first-order chi connectivity index (χ1) is 13.7. The number of hydrogen-bond acceptors (Lipinski definition) is 4. The first-order valence-corrected chi connectivity index (χ1v) is 9.56. The second-order valence-electron chi connectivity index (χ2n) is 6.20. The highest BCUT2D eigenvalue weighted by Gasteiger charge is 2.08. The Morgan fingerprint density at radius 3 is 2.36 bits per heavy atom. The minimum Gasteiger partial charge on any atom is -0.326 e. The molecule has 4 rings (SSSR count). The van der Waals surface area contributed by atoms with Crippen LogP contribution in [0.3, 0.4) is 0 Å². The van der Waals surface area contributed by atoms with Crippen LogP contribution < -0.4 is 5.32 Å². The van der Waals surface area contributed by atoms with E-state index in [9.17, 15) is 9.18 Å². The number of nitrogens with zero attached hydrogens (tertiary/aromatic N) is 2. The van der Waals surface area contributed by atoms with Gasteiger partial charge >= 0.3 is 0 Å². The molecule has 0 bridgehead atoms. The van der Waals surface area contributed by atoms with Crippen LogP contribution in [-0.2, 0) is 11.2 Å². The predicted molar refractivity (Wildman–Crippen MR) is 110 cm³/mol. The third kappa shape index (κ3) is 4.29. The molecule has 2 aromatic heterocycles. The fraction of sp³-hybridized carbons (Fsp3) is 0.0455. The van der Waals surface area contributed by atoms with Crippen LogP contribution in [0.1, 0.15) is 5.56 Å². The van der Waals surface area contributed by atoms with E-state index in [0.29, 0.717) is 5.69 Å². The van der Waals surface area contributed by atoms with Crippen molar-refractivity contribution in [3.05, 3.63) is 89.8 Å². The van der Waals surface area contributed by atoms with E-state index in [2.05, 4.69) is 15.3 Å². The summed E-state index contributed by atoms with van der Waals surface area (Å²) >= 11 is 1.58. The molecule has 1 N–H and O–H groups in total. The number of anilines is 1. The molecule has 2 aromatic carbocycles. The molecule has 2 heterocycles. The molecule has 1 amide bonds. The van der Waals surface area contributed by atoms with Crippen LogP contribution >= 0.6 is 11.3 Å². The molecule has 0 aliphatic heterocycles. The Kier molecular flexibility index (Phi) is 5.21. The van der Waals surface area contributed by atoms with Crippen molar-refractivity contribution in [2.45, 2.75) is 6.42 Å². The van der Waals surface area contributed by atoms with Crippen molar-refractivity contribution in [2.75, 3.05) is 5.32 Å². The number of halogens is 1. The van der Waals surface area contributed by atoms with Crippen molar-refractivity contribution in [3.63, 3.8) is 0 Å². The SMILES string of the molecule is O=C(Cc1ccc(-c2csc(-c3ccncc3)n2)cc1)Nc1ccc(F)cc1. The van der Waals surface area contributed by atoms with Gasteiger partial charge in [-0.3, -0.25) is 9.78 Å². The smallest absolute Gasteiger partial charge is 0.228 e. The number of aromatic nitrogens is 2. The highest BCUT2D eigenvalue weighted by molar-refractivity contribution is 7.13. The zero-order chi connectivity index (χ0) is 19.3. The van der Waals surface area contributed by atoms with Gasteiger partial charge in [-0.25, -0.2) is 9.37 Å². The van der Waals surface area contributed by atoms with Crippen LogP contribution in [0.25, 0.3) is 21.8 Å². The molecule has 0 fully saturated rings. The molecule has 28 heavy (non-hydrogen) atoms. The van der Waals surface area contributed by atoms with Crippen molar-refractivity contribution >= 4 is 22.9 Å². The maximum Gasteiger partial charge on any atom is 0.228 e. The van der Waals surface area contributed by atoms with Crippen molar-refractivity contribution in [1.29, 1.82) is 0 Å². The second kappa shape index (κ2) is 8.10. The summed E-state index contributed by atoms with van der Waals surface area (Å²) in [7, 11) is 0. The zero-order valence-corrected chi connectivity index (χ0v) is 15.6. The maximum absolute atomic E-state index is 12.9. The molecule has 0 saturated carbocycles. The Balaban J connectivity index is 1.42. The van der Waals surface area contributed by atoms with E-state index in [1.54, 1.807) is 35.9 Å². The van der Waals surface area contributed by atoms with E-state index in [-0.39, 0.29) is 18.1 Å². The lowest BCUT2D eigenvalue weighted by molar-refractivity contribution is -0.115. The number of carbonyl (C=O) groups is 1. The van der Waals surface area contributed by atoms with E-state index in [4.69, 9.17) is 0 Å². The molecular formula is C22H16FN3OS. The molecule has 0 atom stereocenters. The Morgan fingerprint density at radius 2 is 1.64 bits per heavy atom. The Hall–Kier alpha value is -3.38. The summed E-state index contributed by atoms with van der Waals surface area (Å²) in [5, 5.41) is 5.73. The Bertz CT molecular complexity index is 1080. The summed E-state index contributed by atoms with van der Waals surface area (Å²) in [6.45, 7) is 0. The zero-order valence-electron chi connectivity index (χ0n) is 14.8. The van der Waals surface area contributed by atoms with Gasteiger partial charge in [-0.15, -0.1) is 11.3 Å². The van der Waals surface area contributed by atoms with Crippen LogP contribution in [0, 0.1) is 5.82 Å². The summed E-state index contributed by atoms with van der Waals surface area (Å²) in [6.07, 6.45) is 3.75. The molecule has 138 valence electrons. The van der Waals surface area contributed by atoms with Crippen LogP contribution in [0.5, 0.6) is 0 Å². The number of amides is 1. The number of pyridine rings is 1. The summed E-state index contributed by atoms with van der Waals surface area (Å²) in [5.74, 6) is -0.476. The van der Waals surface area contributed by atoms with Gasteiger partial charge in [-0.1, -0.05) is 24.3 Å². The van der Waals surface area contributed by atoms with Gasteiger partial charge < -0.3 is 5.32 Å². The summed E-state index contributed by atoms with van der Waals surface area (Å²) < 4.78 is 12.9. The lowest BCUT2D eigenvalue weighted by Gasteiger charge is -2.06. The number of hydrogen-bond donors (Lipinski definition) is 1. The van der Waals surface area contributed by atoms with Crippen molar-refractivity contribution in [3.8, 4) is 21.8 Å². The average molecular weight is 389 g/mol. The second-order valence-corrected chi connectivity index (χ2v) is 7.06. The van der Waals surface area contributed by atoms with E-state index in [1.165, 1.54) is 12.1 Å². The summed E-state index contributed by atoms with van der Waals surface area (Å²) in [4.78, 5) is 20.9. The van der Waals surface area contributed by atoms with Crippen LogP contribution in [0.15, 0.2) is 78.4 Å². The van der Waals surface area contributed by atoms with Gasteiger partial charge in [0.15, 0.2) is 0 Å². The minimum atomic E-state index is -0.331. The first kappa shape index (κ1) is 18.0. The molecule has 0 unspecified atom stereocenters. The van der Waals surface area contributed by atoms with Crippen molar-refractivity contribution in [2.24, 2.45) is 0 Å². The Morgan fingerprint density at radius 1 is 0.929 bits per heavy atom. The number of nitrogens with one attached hydrogen (secondary N) is 1. The van der Waals surface area contributed by atoms with E-state index >= 15 is 0 Å². The lowest BCUT2D eigenvalue weighted by atomic mass is 10.1. The fourth-order valence-corrected chi connectivity index (χ4v) is 3.59. The molecule has 0 aliphatic rings. The number of thiazole rings is 1. The van der Waals surface area contributed by atoms with E-state index in [0.717, 1.165) is 27.4 Å². The van der Waals surface area contributed by atoms with Gasteiger partial charge in [0.1, 0.15) is 10.8 Å². The van der Waals surface area contributed by atoms with Gasteiger partial charge in [0.2, 0.25) is 5.91 Å². The van der Waals surface area contributed by atoms with Crippen molar-refractivity contribution in [1.82, 2.24) is 9.97 Å². The van der Waals surface area contributed by atoms with Gasteiger partial charge in [0.05, 0.1) is 12.1 Å². The molecule has 4 nitrogen and oxygen atoms in total. The normalized spacial score (nSPS) is 10.6. The monoisotopic (exact) mass is 389 g/mol. The summed E-state index contributed by atoms with van der Waals surface area (Å²) in [6, 6.07) is 17.4. The number of carbonyl (C=O) groups excluding carboxylic acids is 1. The highest BCUT2D eigenvalue weighted by Crippen LogP contribution is 2.28. The number of rotatable bonds is 5. The third-order valence-electron chi connectivity index (χ3n) is 4.17. The topological polar surface area (TPSA) is 54.9 Å². The molecule has 0 radical (unpaired) electrons. The lowest BCUT2D eigenvalue weighted by Crippen LogP contribution is -2.14. The molecule has 0 aliphatic carbocycles. The van der Waals surface area contributed by atoms with Crippen LogP contribution in [0.4, 0.5) is 10.1 Å². The van der Waals surface area contributed by atoms with Crippen LogP contribution in [-0.4, -0.2) is 15.9 Å². The molecule has 6 heteroatoms. The fourth-order valence-electron chi connectivity index (χ4n) is 2.75. The third-order valence-corrected chi connectivity index (χ3v) is 5.07. The standard InChI is InChI=1S/C22H16FN3OS/c23-18-5-7-19(8-6-18)25-21(27)13-15-1-3-16(4-2-15)20-14-28-22(26-20)17-9-11-24-12-10-17/h1-12,14H,13H2,(H,25,27). The maximum atomic E-state index is 12.9. The van der Waals surface area contributed by atoms with E-state index < -0.39 is 0 Å². The highest BCUT2D eigenvalue weighted by atomic mass is 32.1. The van der Waals surface area contributed by atoms with Gasteiger partial charge in [-0.2, -0.15) is 0 Å². The minimum absolute atomic E-state index is 0.145. The van der Waals surface area contributed by atoms with Gasteiger partial charge in [0, 0.05) is 34.6 Å². The summed E-state index contributed by atoms with van der Waals surface area (Å²) in [5.41, 5.74) is 4.42. The van der Waals surface area contributed by atoms with Crippen molar-refractivity contribution < 1.29 is 9.18 Å². The quantitative estimate of drug-likeness (QED) is 0.511. The van der Waals surface area contributed by atoms with E-state index in [1.807, 2.05) is 41.8 Å². The van der Waals surface area contributed by atoms with Gasteiger partial charge in [-0.05, 0) is 42.0 Å². The largest absolute Gasteiger partial charge is 0.326 e. The van der Waals surface area contributed by atoms with Crippen LogP contribution in [0.2, 0.25) is 0 Å². The first-order valence-electron chi connectivity index (χ1n) is 8.68. The molecule has 0 saturated heterocycles. The average Bonchev–Trinajstić information content (AvgIpc) is 3.21. The predicted octanol–water partition coefficient (Wildman–Crippen LogP) is 5.19. The van der Waals surface area contributed by atoms with Gasteiger partial charge in [0.25, 0.3) is 0 Å². The molecule has 0 spiro atoms. The Labute approximate surface area is 165 Å². The number of benzene rings is 2.